The van der Waals surface area contributed by atoms with Crippen LogP contribution < -0.4 is 4.72 Å². The van der Waals surface area contributed by atoms with E-state index in [0.29, 0.717) is 12.2 Å². The highest BCUT2D eigenvalue weighted by Gasteiger charge is 2.22. The summed E-state index contributed by atoms with van der Waals surface area (Å²) in [7, 11) is -4.23. The van der Waals surface area contributed by atoms with Gasteiger partial charge in [-0.25, -0.2) is 17.5 Å². The molecule has 0 spiro atoms. The van der Waals surface area contributed by atoms with E-state index in [0.717, 1.165) is 18.2 Å². The first kappa shape index (κ1) is 16.6. The van der Waals surface area contributed by atoms with Gasteiger partial charge in [0.2, 0.25) is 0 Å². The third kappa shape index (κ3) is 3.37. The van der Waals surface area contributed by atoms with Crippen molar-refractivity contribution in [3.8, 4) is 6.07 Å². The maximum atomic E-state index is 13.3. The number of benzene rings is 1. The molecule has 0 saturated carbocycles. The Bertz CT molecular complexity index is 913. The second-order valence-corrected chi connectivity index (χ2v) is 6.36. The second-order valence-electron chi connectivity index (χ2n) is 4.67. The minimum Gasteiger partial charge on any atom is -0.266 e. The first-order valence-corrected chi connectivity index (χ1v) is 8.08. The molecule has 1 aromatic heterocycles. The molecule has 2 aromatic rings. The summed E-state index contributed by atoms with van der Waals surface area (Å²) in [6.07, 6.45) is 0. The van der Waals surface area contributed by atoms with Crippen LogP contribution in [0.4, 0.5) is 4.39 Å². The molecule has 23 heavy (non-hydrogen) atoms. The zero-order valence-corrected chi connectivity index (χ0v) is 13.2. The number of halogens is 1. The molecule has 120 valence electrons. The van der Waals surface area contributed by atoms with E-state index in [9.17, 15) is 17.6 Å². The number of rotatable bonds is 4. The number of carbonyl (C=O) groups is 1. The van der Waals surface area contributed by atoms with Crippen LogP contribution in [-0.4, -0.2) is 24.1 Å². The van der Waals surface area contributed by atoms with Gasteiger partial charge in [-0.1, -0.05) is 0 Å². The molecule has 0 atom stereocenters. The summed E-state index contributed by atoms with van der Waals surface area (Å²) in [4.78, 5) is 11.8. The normalized spacial score (nSPS) is 11.0. The molecule has 0 aliphatic rings. The molecule has 9 heteroatoms. The van der Waals surface area contributed by atoms with Gasteiger partial charge in [0.1, 0.15) is 17.6 Å². The number of carbonyl (C=O) groups excluding carboxylic acids is 1. The summed E-state index contributed by atoms with van der Waals surface area (Å²) in [5, 5.41) is 12.8. The fourth-order valence-electron chi connectivity index (χ4n) is 1.96. The Morgan fingerprint density at radius 3 is 2.74 bits per heavy atom. The summed E-state index contributed by atoms with van der Waals surface area (Å²) in [6, 6.07) is 5.71. The van der Waals surface area contributed by atoms with Gasteiger partial charge < -0.3 is 0 Å². The molecular formula is C14H13FN4O3S. The van der Waals surface area contributed by atoms with E-state index in [4.69, 9.17) is 5.26 Å². The highest BCUT2D eigenvalue weighted by Crippen LogP contribution is 2.15. The first-order valence-electron chi connectivity index (χ1n) is 6.59. The van der Waals surface area contributed by atoms with Crippen molar-refractivity contribution in [2.24, 2.45) is 0 Å². The van der Waals surface area contributed by atoms with E-state index < -0.39 is 27.3 Å². The summed E-state index contributed by atoms with van der Waals surface area (Å²) < 4.78 is 40.9. The van der Waals surface area contributed by atoms with Crippen molar-refractivity contribution in [1.82, 2.24) is 14.5 Å². The molecule has 2 rings (SSSR count). The van der Waals surface area contributed by atoms with E-state index in [1.807, 2.05) is 4.72 Å². The van der Waals surface area contributed by atoms with Crippen LogP contribution in [0.5, 0.6) is 0 Å². The SMILES string of the molecule is CCn1nc(C)cc1C(=O)NS(=O)(=O)c1ccc(F)c(C#N)c1. The lowest BCUT2D eigenvalue weighted by atomic mass is 10.2. The van der Waals surface area contributed by atoms with E-state index in [1.165, 1.54) is 10.7 Å². The topological polar surface area (TPSA) is 105 Å². The summed E-state index contributed by atoms with van der Waals surface area (Å²) in [6.45, 7) is 3.83. The molecule has 0 radical (unpaired) electrons. The molecule has 0 saturated heterocycles. The maximum Gasteiger partial charge on any atom is 0.283 e. The smallest absolute Gasteiger partial charge is 0.266 e. The van der Waals surface area contributed by atoms with Crippen LogP contribution in [0.15, 0.2) is 29.2 Å². The largest absolute Gasteiger partial charge is 0.283 e. The van der Waals surface area contributed by atoms with Crippen molar-refractivity contribution in [3.05, 3.63) is 47.0 Å². The molecule has 0 fully saturated rings. The summed E-state index contributed by atoms with van der Waals surface area (Å²) >= 11 is 0. The van der Waals surface area contributed by atoms with Crippen molar-refractivity contribution in [1.29, 1.82) is 5.26 Å². The van der Waals surface area contributed by atoms with Gasteiger partial charge in [0.15, 0.2) is 0 Å². The number of nitriles is 1. The number of hydrogen-bond donors (Lipinski definition) is 1. The Labute approximate surface area is 132 Å². The van der Waals surface area contributed by atoms with Gasteiger partial charge >= 0.3 is 0 Å². The highest BCUT2D eigenvalue weighted by atomic mass is 32.2. The molecule has 1 N–H and O–H groups in total. The molecular weight excluding hydrogens is 323 g/mol. The lowest BCUT2D eigenvalue weighted by Gasteiger charge is -2.08. The molecule has 1 aromatic carbocycles. The Hall–Kier alpha value is -2.73. The lowest BCUT2D eigenvalue weighted by Crippen LogP contribution is -2.32. The van der Waals surface area contributed by atoms with Gasteiger partial charge in [0.25, 0.3) is 15.9 Å². The van der Waals surface area contributed by atoms with Gasteiger partial charge in [0.05, 0.1) is 16.2 Å². The molecule has 1 heterocycles. The van der Waals surface area contributed by atoms with Crippen molar-refractivity contribution >= 4 is 15.9 Å². The minimum atomic E-state index is -4.23. The molecule has 7 nitrogen and oxygen atoms in total. The number of aromatic nitrogens is 2. The van der Waals surface area contributed by atoms with Crippen LogP contribution in [0.2, 0.25) is 0 Å². The predicted octanol–water partition coefficient (Wildman–Crippen LogP) is 1.34. The number of sulfonamides is 1. The van der Waals surface area contributed by atoms with E-state index >= 15 is 0 Å². The lowest BCUT2D eigenvalue weighted by molar-refractivity contribution is 0.0971. The number of hydrogen-bond acceptors (Lipinski definition) is 5. The van der Waals surface area contributed by atoms with E-state index in [1.54, 1.807) is 19.9 Å². The average Bonchev–Trinajstić information content (AvgIpc) is 2.88. The van der Waals surface area contributed by atoms with Crippen LogP contribution in [0.25, 0.3) is 0 Å². The summed E-state index contributed by atoms with van der Waals surface area (Å²) in [5.41, 5.74) is 0.244. The number of nitrogens with one attached hydrogen (secondary N) is 1. The van der Waals surface area contributed by atoms with Crippen molar-refractivity contribution in [3.63, 3.8) is 0 Å². The van der Waals surface area contributed by atoms with Crippen molar-refractivity contribution in [2.45, 2.75) is 25.3 Å². The number of aryl methyl sites for hydroxylation is 2. The molecule has 0 unspecified atom stereocenters. The third-order valence-corrected chi connectivity index (χ3v) is 4.36. The predicted molar refractivity (Wildman–Crippen MR) is 78.4 cm³/mol. The van der Waals surface area contributed by atoms with E-state index in [-0.39, 0.29) is 10.6 Å². The molecule has 1 amide bonds. The molecule has 0 bridgehead atoms. The Morgan fingerprint density at radius 2 is 2.13 bits per heavy atom. The Morgan fingerprint density at radius 1 is 1.43 bits per heavy atom. The fourth-order valence-corrected chi connectivity index (χ4v) is 2.95. The van der Waals surface area contributed by atoms with Crippen LogP contribution in [0, 0.1) is 24.1 Å². The zero-order chi connectivity index (χ0) is 17.2. The number of amides is 1. The van der Waals surface area contributed by atoms with Crippen LogP contribution in [-0.2, 0) is 16.6 Å². The van der Waals surface area contributed by atoms with Crippen LogP contribution >= 0.6 is 0 Å². The average molecular weight is 336 g/mol. The third-order valence-electron chi connectivity index (χ3n) is 3.03. The van der Waals surface area contributed by atoms with Gasteiger partial charge in [-0.15, -0.1) is 0 Å². The minimum absolute atomic E-state index is 0.0937. The monoisotopic (exact) mass is 336 g/mol. The van der Waals surface area contributed by atoms with Gasteiger partial charge in [-0.2, -0.15) is 10.4 Å². The Balaban J connectivity index is 2.34. The molecule has 0 aliphatic carbocycles. The quantitative estimate of drug-likeness (QED) is 0.907. The van der Waals surface area contributed by atoms with Crippen molar-refractivity contribution in [2.75, 3.05) is 0 Å². The Kier molecular flexibility index (Phi) is 4.47. The fraction of sp³-hybridized carbons (Fsp3) is 0.214. The zero-order valence-electron chi connectivity index (χ0n) is 12.4. The maximum absolute atomic E-state index is 13.3. The number of nitrogens with zero attached hydrogens (tertiary/aromatic N) is 3. The second kappa shape index (κ2) is 6.18. The van der Waals surface area contributed by atoms with Crippen LogP contribution in [0.1, 0.15) is 28.7 Å². The van der Waals surface area contributed by atoms with Gasteiger partial charge in [-0.3, -0.25) is 9.48 Å². The molecule has 0 aliphatic heterocycles. The highest BCUT2D eigenvalue weighted by molar-refractivity contribution is 7.90. The first-order chi connectivity index (χ1) is 10.8. The van der Waals surface area contributed by atoms with Crippen molar-refractivity contribution < 1.29 is 17.6 Å². The van der Waals surface area contributed by atoms with Gasteiger partial charge in [-0.05, 0) is 38.1 Å². The van der Waals surface area contributed by atoms with Crippen LogP contribution in [0.3, 0.4) is 0 Å². The van der Waals surface area contributed by atoms with Gasteiger partial charge in [0, 0.05) is 6.54 Å². The summed E-state index contributed by atoms with van der Waals surface area (Å²) in [5.74, 6) is -1.69. The van der Waals surface area contributed by atoms with E-state index in [2.05, 4.69) is 5.10 Å². The standard InChI is InChI=1S/C14H13FN4O3S/c1-3-19-13(6-9(2)17-19)14(20)18-23(21,22)11-4-5-12(15)10(7-11)8-16/h4-7H,3H2,1-2H3,(H,18,20).